The number of hydrogen-bond donors (Lipinski definition) is 2. The summed E-state index contributed by atoms with van der Waals surface area (Å²) in [5.41, 5.74) is 7.78. The highest BCUT2D eigenvalue weighted by Crippen LogP contribution is 2.36. The van der Waals surface area contributed by atoms with Crippen molar-refractivity contribution in [1.82, 2.24) is 10.2 Å². The summed E-state index contributed by atoms with van der Waals surface area (Å²) in [6.07, 6.45) is 7.29. The van der Waals surface area contributed by atoms with Crippen LogP contribution in [0.3, 0.4) is 0 Å². The Kier molecular flexibility index (Phi) is 6.43. The van der Waals surface area contributed by atoms with Crippen molar-refractivity contribution in [3.05, 3.63) is 29.8 Å². The number of para-hydroxylation sites is 1. The monoisotopic (exact) mass is 373 g/mol. The van der Waals surface area contributed by atoms with Crippen LogP contribution < -0.4 is 11.1 Å². The van der Waals surface area contributed by atoms with Gasteiger partial charge in [0, 0.05) is 37.3 Å². The van der Waals surface area contributed by atoms with Gasteiger partial charge in [-0.05, 0) is 44.7 Å². The number of hydrogen-bond acceptors (Lipinski definition) is 4. The average Bonchev–Trinajstić information content (AvgIpc) is 2.66. The fraction of sp³-hybridized carbons (Fsp3) is 0.682. The van der Waals surface area contributed by atoms with Crippen molar-refractivity contribution >= 4 is 11.6 Å². The summed E-state index contributed by atoms with van der Waals surface area (Å²) >= 11 is 0. The van der Waals surface area contributed by atoms with Crippen molar-refractivity contribution in [2.24, 2.45) is 0 Å². The standard InChI is InChI=1S/C22H35N3O2/c1-21(2)17-25(14-15-27-21)22(12-6-3-7-13-22)16-24-20(26)11-10-18-8-4-5-9-19(18)23/h4-5,8-9H,3,6-7,10-17,23H2,1-2H3,(H,24,26). The molecule has 2 aliphatic rings. The van der Waals surface area contributed by atoms with Gasteiger partial charge < -0.3 is 15.8 Å². The molecule has 2 fully saturated rings. The molecule has 0 radical (unpaired) electrons. The molecule has 1 aromatic carbocycles. The first-order valence-electron chi connectivity index (χ1n) is 10.4. The van der Waals surface area contributed by atoms with Crippen molar-refractivity contribution in [3.63, 3.8) is 0 Å². The topological polar surface area (TPSA) is 67.6 Å². The van der Waals surface area contributed by atoms with E-state index in [0.717, 1.165) is 50.3 Å². The number of morpholine rings is 1. The van der Waals surface area contributed by atoms with Gasteiger partial charge in [-0.1, -0.05) is 37.5 Å². The zero-order valence-corrected chi connectivity index (χ0v) is 16.9. The van der Waals surface area contributed by atoms with Crippen molar-refractivity contribution < 1.29 is 9.53 Å². The van der Waals surface area contributed by atoms with E-state index in [9.17, 15) is 4.79 Å². The molecule has 1 aliphatic heterocycles. The molecule has 3 N–H and O–H groups in total. The summed E-state index contributed by atoms with van der Waals surface area (Å²) < 4.78 is 5.91. The van der Waals surface area contributed by atoms with E-state index in [0.29, 0.717) is 12.8 Å². The molecule has 27 heavy (non-hydrogen) atoms. The number of aryl methyl sites for hydroxylation is 1. The summed E-state index contributed by atoms with van der Waals surface area (Å²) in [6.45, 7) is 7.74. The third-order valence-corrected chi connectivity index (χ3v) is 6.17. The highest BCUT2D eigenvalue weighted by atomic mass is 16.5. The van der Waals surface area contributed by atoms with Crippen LogP contribution in [0, 0.1) is 0 Å². The Morgan fingerprint density at radius 3 is 2.67 bits per heavy atom. The maximum Gasteiger partial charge on any atom is 0.220 e. The third kappa shape index (κ3) is 5.23. The van der Waals surface area contributed by atoms with Gasteiger partial charge in [-0.25, -0.2) is 0 Å². The van der Waals surface area contributed by atoms with Crippen LogP contribution in [0.1, 0.15) is 57.9 Å². The molecule has 1 saturated heterocycles. The number of amides is 1. The molecule has 3 rings (SSSR count). The fourth-order valence-electron chi connectivity index (χ4n) is 4.60. The van der Waals surface area contributed by atoms with Crippen molar-refractivity contribution in [2.45, 2.75) is 69.9 Å². The number of anilines is 1. The number of rotatable bonds is 6. The van der Waals surface area contributed by atoms with Gasteiger partial charge in [0.2, 0.25) is 5.91 Å². The summed E-state index contributed by atoms with van der Waals surface area (Å²) in [6, 6.07) is 7.79. The summed E-state index contributed by atoms with van der Waals surface area (Å²) in [7, 11) is 0. The first-order valence-corrected chi connectivity index (χ1v) is 10.4. The molecule has 5 nitrogen and oxygen atoms in total. The number of carbonyl (C=O) groups excluding carboxylic acids is 1. The van der Waals surface area contributed by atoms with Crippen LogP contribution in [-0.4, -0.2) is 48.2 Å². The highest BCUT2D eigenvalue weighted by molar-refractivity contribution is 5.76. The van der Waals surface area contributed by atoms with Crippen molar-refractivity contribution in [3.8, 4) is 0 Å². The van der Waals surface area contributed by atoms with Crippen LogP contribution in [0.15, 0.2) is 24.3 Å². The minimum atomic E-state index is -0.114. The lowest BCUT2D eigenvalue weighted by molar-refractivity contribution is -0.129. The maximum atomic E-state index is 12.5. The molecule has 0 aromatic heterocycles. The van der Waals surface area contributed by atoms with E-state index in [1.807, 2.05) is 24.3 Å². The van der Waals surface area contributed by atoms with Crippen LogP contribution >= 0.6 is 0 Å². The Bertz CT molecular complexity index is 638. The second-order valence-electron chi connectivity index (χ2n) is 8.79. The van der Waals surface area contributed by atoms with Crippen LogP contribution in [0.5, 0.6) is 0 Å². The molecule has 150 valence electrons. The van der Waals surface area contributed by atoms with Crippen LogP contribution in [0.25, 0.3) is 0 Å². The van der Waals surface area contributed by atoms with E-state index in [1.54, 1.807) is 0 Å². The second kappa shape index (κ2) is 8.61. The molecule has 5 heteroatoms. The number of nitrogen functional groups attached to an aromatic ring is 1. The highest BCUT2D eigenvalue weighted by Gasteiger charge is 2.42. The second-order valence-corrected chi connectivity index (χ2v) is 8.79. The molecule has 1 aliphatic carbocycles. The zero-order valence-electron chi connectivity index (χ0n) is 16.9. The number of benzene rings is 1. The van der Waals surface area contributed by atoms with Gasteiger partial charge >= 0.3 is 0 Å². The molecule has 0 bridgehead atoms. The first-order chi connectivity index (χ1) is 12.9. The predicted octanol–water partition coefficient (Wildman–Crippen LogP) is 3.13. The van der Waals surface area contributed by atoms with Crippen LogP contribution in [0.2, 0.25) is 0 Å². The molecule has 0 atom stereocenters. The Labute approximate surface area is 163 Å². The summed E-state index contributed by atoms with van der Waals surface area (Å²) in [5.74, 6) is 0.121. The minimum absolute atomic E-state index is 0.0841. The van der Waals surface area contributed by atoms with E-state index in [4.69, 9.17) is 10.5 Å². The van der Waals surface area contributed by atoms with Gasteiger partial charge in [-0.3, -0.25) is 9.69 Å². The first kappa shape index (κ1) is 20.2. The number of carbonyl (C=O) groups is 1. The Morgan fingerprint density at radius 1 is 1.22 bits per heavy atom. The number of nitrogens with zero attached hydrogens (tertiary/aromatic N) is 1. The molecule has 1 aromatic rings. The molecule has 1 heterocycles. The van der Waals surface area contributed by atoms with Gasteiger partial charge in [0.1, 0.15) is 0 Å². The molecule has 1 amide bonds. The van der Waals surface area contributed by atoms with Gasteiger partial charge in [0.05, 0.1) is 12.2 Å². The zero-order chi connectivity index (χ0) is 19.3. The van der Waals surface area contributed by atoms with Gasteiger partial charge in [-0.2, -0.15) is 0 Å². The number of ether oxygens (including phenoxy) is 1. The lowest BCUT2D eigenvalue weighted by Gasteiger charge is -2.51. The van der Waals surface area contributed by atoms with Gasteiger partial charge in [-0.15, -0.1) is 0 Å². The number of nitrogens with two attached hydrogens (primary N) is 1. The van der Waals surface area contributed by atoms with Crippen molar-refractivity contribution in [1.29, 1.82) is 0 Å². The van der Waals surface area contributed by atoms with E-state index in [1.165, 1.54) is 19.3 Å². The lowest BCUT2D eigenvalue weighted by atomic mass is 9.79. The molecule has 0 spiro atoms. The lowest BCUT2D eigenvalue weighted by Crippen LogP contribution is -2.63. The summed E-state index contributed by atoms with van der Waals surface area (Å²) in [4.78, 5) is 15.1. The Balaban J connectivity index is 1.58. The van der Waals surface area contributed by atoms with Gasteiger partial charge in [0.25, 0.3) is 0 Å². The van der Waals surface area contributed by atoms with E-state index in [-0.39, 0.29) is 17.0 Å². The van der Waals surface area contributed by atoms with Crippen LogP contribution in [0.4, 0.5) is 5.69 Å². The van der Waals surface area contributed by atoms with E-state index in [2.05, 4.69) is 24.1 Å². The Hall–Kier alpha value is -1.59. The van der Waals surface area contributed by atoms with Crippen molar-refractivity contribution in [2.75, 3.05) is 32.0 Å². The van der Waals surface area contributed by atoms with Gasteiger partial charge in [0.15, 0.2) is 0 Å². The largest absolute Gasteiger partial charge is 0.399 e. The predicted molar refractivity (Wildman–Crippen MR) is 110 cm³/mol. The normalized spacial score (nSPS) is 22.3. The van der Waals surface area contributed by atoms with E-state index < -0.39 is 0 Å². The third-order valence-electron chi connectivity index (χ3n) is 6.17. The quantitative estimate of drug-likeness (QED) is 0.752. The Morgan fingerprint density at radius 2 is 1.96 bits per heavy atom. The SMILES string of the molecule is CC1(C)CN(C2(CNC(=O)CCc3ccccc3N)CCCCC2)CCO1. The maximum absolute atomic E-state index is 12.5. The molecular formula is C22H35N3O2. The molecule has 0 unspecified atom stereocenters. The summed E-state index contributed by atoms with van der Waals surface area (Å²) in [5, 5.41) is 3.25. The van der Waals surface area contributed by atoms with E-state index >= 15 is 0 Å². The minimum Gasteiger partial charge on any atom is -0.399 e. The average molecular weight is 374 g/mol. The smallest absolute Gasteiger partial charge is 0.220 e. The fourth-order valence-corrected chi connectivity index (χ4v) is 4.60. The molecule has 1 saturated carbocycles. The molecular weight excluding hydrogens is 338 g/mol. The van der Waals surface area contributed by atoms with Crippen LogP contribution in [-0.2, 0) is 16.0 Å². The number of nitrogens with one attached hydrogen (secondary N) is 1.